The summed E-state index contributed by atoms with van der Waals surface area (Å²) in [4.78, 5) is 10.4. The second-order valence-electron chi connectivity index (χ2n) is 4.71. The molecule has 7 heteroatoms. The Morgan fingerprint density at radius 2 is 1.87 bits per heavy atom. The van der Waals surface area contributed by atoms with Crippen molar-refractivity contribution in [2.24, 2.45) is 0 Å². The highest BCUT2D eigenvalue weighted by molar-refractivity contribution is 5.85. The van der Waals surface area contributed by atoms with Crippen molar-refractivity contribution in [2.45, 2.75) is 20.0 Å². The average Bonchev–Trinajstić information content (AvgIpc) is 2.51. The molecule has 0 aliphatic rings. The lowest BCUT2D eigenvalue weighted by Gasteiger charge is -2.11. The van der Waals surface area contributed by atoms with E-state index in [1.54, 1.807) is 18.2 Å². The van der Waals surface area contributed by atoms with E-state index < -0.39 is 4.92 Å². The fourth-order valence-electron chi connectivity index (χ4n) is 2.06. The molecule has 2 aromatic carbocycles. The van der Waals surface area contributed by atoms with Gasteiger partial charge in [0.25, 0.3) is 5.69 Å². The first-order chi connectivity index (χ1) is 10.6. The Kier molecular flexibility index (Phi) is 7.44. The summed E-state index contributed by atoms with van der Waals surface area (Å²) in [6.07, 6.45) is 0. The molecule has 0 saturated carbocycles. The molecule has 1 N–H and O–H groups in total. The van der Waals surface area contributed by atoms with Gasteiger partial charge in [0.1, 0.15) is 11.6 Å². The molecule has 23 heavy (non-hydrogen) atoms. The number of nitro benzene ring substituents is 1. The van der Waals surface area contributed by atoms with E-state index in [-0.39, 0.29) is 23.9 Å². The summed E-state index contributed by atoms with van der Waals surface area (Å²) >= 11 is 0. The highest BCUT2D eigenvalue weighted by Crippen LogP contribution is 2.24. The van der Waals surface area contributed by atoms with E-state index in [1.807, 2.05) is 6.92 Å². The molecular formula is C16H18ClFN2O3. The second-order valence-corrected chi connectivity index (χ2v) is 4.71. The van der Waals surface area contributed by atoms with Crippen LogP contribution in [0.15, 0.2) is 42.5 Å². The van der Waals surface area contributed by atoms with Gasteiger partial charge in [0.05, 0.1) is 11.5 Å². The van der Waals surface area contributed by atoms with Gasteiger partial charge in [-0.05, 0) is 30.7 Å². The maximum absolute atomic E-state index is 12.8. The molecule has 0 atom stereocenters. The van der Waals surface area contributed by atoms with Gasteiger partial charge in [0.15, 0.2) is 0 Å². The van der Waals surface area contributed by atoms with Gasteiger partial charge in [-0.2, -0.15) is 0 Å². The Morgan fingerprint density at radius 1 is 1.17 bits per heavy atom. The zero-order valence-corrected chi connectivity index (χ0v) is 13.4. The summed E-state index contributed by atoms with van der Waals surface area (Å²) in [6.45, 7) is 3.31. The summed E-state index contributed by atoms with van der Waals surface area (Å²) in [5.74, 6) is 0.348. The third-order valence-electron chi connectivity index (χ3n) is 3.11. The predicted molar refractivity (Wildman–Crippen MR) is 88.5 cm³/mol. The zero-order chi connectivity index (χ0) is 15.9. The van der Waals surface area contributed by atoms with Crippen molar-refractivity contribution in [2.75, 3.05) is 6.61 Å². The summed E-state index contributed by atoms with van der Waals surface area (Å²) in [6, 6.07) is 10.7. The van der Waals surface area contributed by atoms with Gasteiger partial charge in [-0.1, -0.05) is 12.1 Å². The third kappa shape index (κ3) is 5.50. The van der Waals surface area contributed by atoms with Gasteiger partial charge in [-0.25, -0.2) is 4.39 Å². The minimum Gasteiger partial charge on any atom is -0.494 e. The molecule has 5 nitrogen and oxygen atoms in total. The lowest BCUT2D eigenvalue weighted by Crippen LogP contribution is -2.14. The summed E-state index contributed by atoms with van der Waals surface area (Å²) in [5.41, 5.74) is 1.69. The van der Waals surface area contributed by atoms with Crippen LogP contribution in [0.5, 0.6) is 5.75 Å². The standard InChI is InChI=1S/C16H17FN2O3.ClH/c1-2-22-16-8-7-15(19(20)21)9-13(16)11-18-10-12-3-5-14(17)6-4-12;/h3-9,18H,2,10-11H2,1H3;1H. The fraction of sp³-hybridized carbons (Fsp3) is 0.250. The summed E-state index contributed by atoms with van der Waals surface area (Å²) in [7, 11) is 0. The summed E-state index contributed by atoms with van der Waals surface area (Å²) in [5, 5.41) is 14.0. The Balaban J connectivity index is 0.00000264. The Bertz CT molecular complexity index is 650. The number of nitro groups is 1. The number of rotatable bonds is 7. The van der Waals surface area contributed by atoms with Gasteiger partial charge in [0, 0.05) is 30.8 Å². The number of non-ortho nitro benzene ring substituents is 1. The maximum Gasteiger partial charge on any atom is 0.270 e. The number of nitrogens with zero attached hydrogens (tertiary/aromatic N) is 1. The highest BCUT2D eigenvalue weighted by Gasteiger charge is 2.11. The normalized spacial score (nSPS) is 10.0. The molecule has 0 bridgehead atoms. The third-order valence-corrected chi connectivity index (χ3v) is 3.11. The largest absolute Gasteiger partial charge is 0.494 e. The molecule has 2 aromatic rings. The molecule has 0 radical (unpaired) electrons. The first kappa shape index (κ1) is 18.9. The SMILES string of the molecule is CCOc1ccc([N+](=O)[O-])cc1CNCc1ccc(F)cc1.Cl. The molecule has 2 rings (SSSR count). The van der Waals surface area contributed by atoms with Crippen LogP contribution in [0.2, 0.25) is 0 Å². The first-order valence-corrected chi connectivity index (χ1v) is 6.95. The number of halogens is 2. The molecule has 0 heterocycles. The number of hydrogen-bond donors (Lipinski definition) is 1. The molecular weight excluding hydrogens is 323 g/mol. The molecule has 0 saturated heterocycles. The fourth-order valence-corrected chi connectivity index (χ4v) is 2.06. The Labute approximate surface area is 140 Å². The molecule has 0 aliphatic heterocycles. The van der Waals surface area contributed by atoms with Gasteiger partial charge >= 0.3 is 0 Å². The molecule has 0 spiro atoms. The van der Waals surface area contributed by atoms with Crippen LogP contribution in [0, 0.1) is 15.9 Å². The van der Waals surface area contributed by atoms with E-state index in [0.717, 1.165) is 11.1 Å². The molecule has 0 amide bonds. The highest BCUT2D eigenvalue weighted by atomic mass is 35.5. The van der Waals surface area contributed by atoms with Crippen LogP contribution in [-0.2, 0) is 13.1 Å². The first-order valence-electron chi connectivity index (χ1n) is 6.95. The van der Waals surface area contributed by atoms with Gasteiger partial charge in [-0.3, -0.25) is 10.1 Å². The Morgan fingerprint density at radius 3 is 2.48 bits per heavy atom. The average molecular weight is 341 g/mol. The predicted octanol–water partition coefficient (Wildman–Crippen LogP) is 3.84. The van der Waals surface area contributed by atoms with Crippen LogP contribution in [0.1, 0.15) is 18.1 Å². The smallest absolute Gasteiger partial charge is 0.270 e. The topological polar surface area (TPSA) is 64.4 Å². The van der Waals surface area contributed by atoms with Crippen molar-refractivity contribution in [3.05, 3.63) is 69.5 Å². The number of hydrogen-bond acceptors (Lipinski definition) is 4. The number of benzene rings is 2. The van der Waals surface area contributed by atoms with Crippen LogP contribution >= 0.6 is 12.4 Å². The minimum absolute atomic E-state index is 0. The molecule has 0 fully saturated rings. The van der Waals surface area contributed by atoms with E-state index >= 15 is 0 Å². The lowest BCUT2D eigenvalue weighted by atomic mass is 10.1. The molecule has 124 valence electrons. The van der Waals surface area contributed by atoms with Crippen LogP contribution in [0.25, 0.3) is 0 Å². The van der Waals surface area contributed by atoms with Crippen molar-refractivity contribution >= 4 is 18.1 Å². The van der Waals surface area contributed by atoms with Crippen molar-refractivity contribution < 1.29 is 14.1 Å². The van der Waals surface area contributed by atoms with Crippen LogP contribution in [-0.4, -0.2) is 11.5 Å². The monoisotopic (exact) mass is 340 g/mol. The van der Waals surface area contributed by atoms with Crippen molar-refractivity contribution in [3.8, 4) is 5.75 Å². The number of nitrogens with one attached hydrogen (secondary N) is 1. The Hall–Kier alpha value is -2.18. The van der Waals surface area contributed by atoms with Crippen molar-refractivity contribution in [1.82, 2.24) is 5.32 Å². The second kappa shape index (κ2) is 9.07. The number of ether oxygens (including phenoxy) is 1. The van der Waals surface area contributed by atoms with E-state index in [2.05, 4.69) is 5.32 Å². The van der Waals surface area contributed by atoms with Crippen LogP contribution in [0.3, 0.4) is 0 Å². The lowest BCUT2D eigenvalue weighted by molar-refractivity contribution is -0.384. The summed E-state index contributed by atoms with van der Waals surface area (Å²) < 4.78 is 18.3. The zero-order valence-electron chi connectivity index (χ0n) is 12.6. The van der Waals surface area contributed by atoms with E-state index in [0.29, 0.717) is 25.4 Å². The molecule has 0 aromatic heterocycles. The van der Waals surface area contributed by atoms with Gasteiger partial charge in [-0.15, -0.1) is 12.4 Å². The van der Waals surface area contributed by atoms with Crippen LogP contribution < -0.4 is 10.1 Å². The molecule has 0 aliphatic carbocycles. The maximum atomic E-state index is 12.8. The van der Waals surface area contributed by atoms with Gasteiger partial charge < -0.3 is 10.1 Å². The minimum atomic E-state index is -0.431. The van der Waals surface area contributed by atoms with E-state index in [4.69, 9.17) is 4.74 Å². The van der Waals surface area contributed by atoms with Crippen molar-refractivity contribution in [3.63, 3.8) is 0 Å². The van der Waals surface area contributed by atoms with Crippen LogP contribution in [0.4, 0.5) is 10.1 Å². The quantitative estimate of drug-likeness (QED) is 0.614. The van der Waals surface area contributed by atoms with Gasteiger partial charge in [0.2, 0.25) is 0 Å². The molecule has 0 unspecified atom stereocenters. The van der Waals surface area contributed by atoms with E-state index in [9.17, 15) is 14.5 Å². The van der Waals surface area contributed by atoms with E-state index in [1.165, 1.54) is 24.3 Å². The van der Waals surface area contributed by atoms with Crippen molar-refractivity contribution in [1.29, 1.82) is 0 Å².